The quantitative estimate of drug-likeness (QED) is 0.677. The summed E-state index contributed by atoms with van der Waals surface area (Å²) in [6.07, 6.45) is 2.97. The molecule has 0 aliphatic heterocycles. The number of hydrogen-bond donors (Lipinski definition) is 1. The maximum atomic E-state index is 5.70. The molecule has 90 valence electrons. The summed E-state index contributed by atoms with van der Waals surface area (Å²) in [5.41, 5.74) is 7.06. The molecule has 0 spiro atoms. The molecule has 2 heterocycles. The molecule has 0 radical (unpaired) electrons. The van der Waals surface area contributed by atoms with Gasteiger partial charge in [-0.1, -0.05) is 0 Å². The van der Waals surface area contributed by atoms with Crippen molar-refractivity contribution in [1.29, 1.82) is 0 Å². The van der Waals surface area contributed by atoms with Gasteiger partial charge >= 0.3 is 6.01 Å². The highest BCUT2D eigenvalue weighted by molar-refractivity contribution is 5.85. The number of nitrogens with zero attached hydrogens (tertiary/aromatic N) is 5. The van der Waals surface area contributed by atoms with Gasteiger partial charge in [-0.25, -0.2) is 9.97 Å². The fraction of sp³-hybridized carbons (Fsp3) is 0.0909. The van der Waals surface area contributed by atoms with Crippen molar-refractivity contribution in [3.63, 3.8) is 0 Å². The lowest BCUT2D eigenvalue weighted by atomic mass is 10.2. The number of aryl methyl sites for hydroxylation is 1. The molecule has 7 nitrogen and oxygen atoms in total. The van der Waals surface area contributed by atoms with E-state index in [-0.39, 0.29) is 6.01 Å². The minimum Gasteiger partial charge on any atom is -0.403 e. The molecule has 0 amide bonds. The number of nitrogens with two attached hydrogens (primary N) is 1. The van der Waals surface area contributed by atoms with Crippen LogP contribution >= 0.6 is 0 Å². The molecule has 0 atom stereocenters. The van der Waals surface area contributed by atoms with Gasteiger partial charge in [-0.2, -0.15) is 4.98 Å². The van der Waals surface area contributed by atoms with Gasteiger partial charge in [0.1, 0.15) is 12.7 Å². The SMILES string of the molecule is Cn1cnc(Oc2ncnc3cc(N)ccc23)n1. The summed E-state index contributed by atoms with van der Waals surface area (Å²) in [5, 5.41) is 4.79. The Morgan fingerprint density at radius 2 is 2.11 bits per heavy atom. The highest BCUT2D eigenvalue weighted by Crippen LogP contribution is 2.25. The second kappa shape index (κ2) is 3.95. The number of anilines is 1. The summed E-state index contributed by atoms with van der Waals surface area (Å²) in [4.78, 5) is 12.2. The number of benzene rings is 1. The van der Waals surface area contributed by atoms with Crippen LogP contribution in [0.25, 0.3) is 10.9 Å². The van der Waals surface area contributed by atoms with Crippen LogP contribution in [0.4, 0.5) is 5.69 Å². The number of ether oxygens (including phenoxy) is 1. The molecule has 3 aromatic rings. The van der Waals surface area contributed by atoms with Crippen LogP contribution in [0.15, 0.2) is 30.9 Å². The molecule has 0 aliphatic rings. The molecule has 2 N–H and O–H groups in total. The van der Waals surface area contributed by atoms with Crippen LogP contribution in [0.3, 0.4) is 0 Å². The third-order valence-electron chi connectivity index (χ3n) is 2.39. The molecule has 0 unspecified atom stereocenters. The number of hydrogen-bond acceptors (Lipinski definition) is 6. The van der Waals surface area contributed by atoms with Gasteiger partial charge in [0, 0.05) is 12.7 Å². The number of fused-ring (bicyclic) bond motifs is 1. The normalized spacial score (nSPS) is 10.7. The van der Waals surface area contributed by atoms with E-state index < -0.39 is 0 Å². The van der Waals surface area contributed by atoms with E-state index in [4.69, 9.17) is 10.5 Å². The number of rotatable bonds is 2. The van der Waals surface area contributed by atoms with Crippen LogP contribution in [0.2, 0.25) is 0 Å². The van der Waals surface area contributed by atoms with E-state index in [1.165, 1.54) is 6.33 Å². The van der Waals surface area contributed by atoms with Gasteiger partial charge in [0.05, 0.1) is 10.9 Å². The van der Waals surface area contributed by atoms with Crippen molar-refractivity contribution in [3.8, 4) is 11.9 Å². The summed E-state index contributed by atoms with van der Waals surface area (Å²) in [6.45, 7) is 0. The zero-order chi connectivity index (χ0) is 12.5. The summed E-state index contributed by atoms with van der Waals surface area (Å²) in [5.74, 6) is 0.409. The van der Waals surface area contributed by atoms with Gasteiger partial charge in [0.2, 0.25) is 5.88 Å². The Morgan fingerprint density at radius 3 is 2.89 bits per heavy atom. The predicted molar refractivity (Wildman–Crippen MR) is 65.0 cm³/mol. The Balaban J connectivity index is 2.06. The Labute approximate surface area is 102 Å². The molecule has 0 saturated heterocycles. The van der Waals surface area contributed by atoms with Gasteiger partial charge in [-0.3, -0.25) is 4.68 Å². The lowest BCUT2D eigenvalue weighted by molar-refractivity contribution is 0.427. The average molecular weight is 242 g/mol. The van der Waals surface area contributed by atoms with E-state index in [2.05, 4.69) is 20.1 Å². The zero-order valence-corrected chi connectivity index (χ0v) is 9.61. The molecule has 0 bridgehead atoms. The lowest BCUT2D eigenvalue weighted by Gasteiger charge is -2.04. The van der Waals surface area contributed by atoms with Crippen LogP contribution in [-0.2, 0) is 7.05 Å². The zero-order valence-electron chi connectivity index (χ0n) is 9.61. The van der Waals surface area contributed by atoms with Gasteiger partial charge in [0.15, 0.2) is 0 Å². The Hall–Kier alpha value is -2.70. The minimum absolute atomic E-state index is 0.245. The first-order valence-electron chi connectivity index (χ1n) is 5.26. The van der Waals surface area contributed by atoms with Crippen LogP contribution in [0.5, 0.6) is 11.9 Å². The van der Waals surface area contributed by atoms with E-state index in [1.807, 2.05) is 6.07 Å². The van der Waals surface area contributed by atoms with Crippen molar-refractivity contribution in [3.05, 3.63) is 30.9 Å². The molecule has 1 aromatic carbocycles. The first-order chi connectivity index (χ1) is 8.72. The topological polar surface area (TPSA) is 91.7 Å². The van der Waals surface area contributed by atoms with Crippen molar-refractivity contribution in [2.45, 2.75) is 0 Å². The largest absolute Gasteiger partial charge is 0.403 e. The number of aromatic nitrogens is 5. The van der Waals surface area contributed by atoms with Crippen LogP contribution < -0.4 is 10.5 Å². The molecule has 0 saturated carbocycles. The second-order valence-corrected chi connectivity index (χ2v) is 3.76. The fourth-order valence-electron chi connectivity index (χ4n) is 1.58. The highest BCUT2D eigenvalue weighted by Gasteiger charge is 2.08. The smallest absolute Gasteiger partial charge is 0.342 e. The van der Waals surface area contributed by atoms with E-state index in [0.717, 1.165) is 10.9 Å². The average Bonchev–Trinajstić information content (AvgIpc) is 2.75. The predicted octanol–water partition coefficient (Wildman–Crippen LogP) is 1.13. The summed E-state index contributed by atoms with van der Waals surface area (Å²) in [6, 6.07) is 5.58. The maximum absolute atomic E-state index is 5.70. The lowest BCUT2D eigenvalue weighted by Crippen LogP contribution is -1.94. The highest BCUT2D eigenvalue weighted by atomic mass is 16.5. The Kier molecular flexibility index (Phi) is 2.30. The van der Waals surface area contributed by atoms with Gasteiger partial charge in [-0.05, 0) is 18.2 Å². The van der Waals surface area contributed by atoms with E-state index in [0.29, 0.717) is 11.6 Å². The van der Waals surface area contributed by atoms with Gasteiger partial charge in [-0.15, -0.1) is 5.10 Å². The maximum Gasteiger partial charge on any atom is 0.342 e. The molecule has 2 aromatic heterocycles. The van der Waals surface area contributed by atoms with Crippen molar-refractivity contribution in [2.24, 2.45) is 7.05 Å². The molecule has 3 rings (SSSR count). The summed E-state index contributed by atoms with van der Waals surface area (Å²) >= 11 is 0. The van der Waals surface area contributed by atoms with Crippen LogP contribution in [0.1, 0.15) is 0 Å². The monoisotopic (exact) mass is 242 g/mol. The number of nitrogen functional groups attached to an aromatic ring is 1. The summed E-state index contributed by atoms with van der Waals surface area (Å²) in [7, 11) is 1.76. The molecular formula is C11H10N6O. The van der Waals surface area contributed by atoms with E-state index >= 15 is 0 Å². The standard InChI is InChI=1S/C11H10N6O/c1-17-6-15-11(16-17)18-10-8-3-2-7(12)4-9(8)13-5-14-10/h2-6H,12H2,1H3. The minimum atomic E-state index is 0.245. The second-order valence-electron chi connectivity index (χ2n) is 3.76. The molecule has 7 heteroatoms. The van der Waals surface area contributed by atoms with Crippen LogP contribution in [-0.4, -0.2) is 24.7 Å². The molecule has 0 aliphatic carbocycles. The van der Waals surface area contributed by atoms with E-state index in [1.54, 1.807) is 30.2 Å². The third-order valence-corrected chi connectivity index (χ3v) is 2.39. The van der Waals surface area contributed by atoms with Crippen molar-refractivity contribution in [1.82, 2.24) is 24.7 Å². The first-order valence-corrected chi connectivity index (χ1v) is 5.26. The van der Waals surface area contributed by atoms with Crippen molar-refractivity contribution < 1.29 is 4.74 Å². The molecule has 0 fully saturated rings. The van der Waals surface area contributed by atoms with Crippen molar-refractivity contribution >= 4 is 16.6 Å². The van der Waals surface area contributed by atoms with Crippen LogP contribution in [0, 0.1) is 0 Å². The van der Waals surface area contributed by atoms with E-state index in [9.17, 15) is 0 Å². The molecule has 18 heavy (non-hydrogen) atoms. The third kappa shape index (κ3) is 1.81. The summed E-state index contributed by atoms with van der Waals surface area (Å²) < 4.78 is 7.07. The van der Waals surface area contributed by atoms with Gasteiger partial charge in [0.25, 0.3) is 0 Å². The first kappa shape index (κ1) is 10.5. The fourth-order valence-corrected chi connectivity index (χ4v) is 1.58. The molecular weight excluding hydrogens is 232 g/mol. The van der Waals surface area contributed by atoms with Gasteiger partial charge < -0.3 is 10.5 Å². The Bertz CT molecular complexity index is 708. The Morgan fingerprint density at radius 1 is 1.22 bits per heavy atom. The van der Waals surface area contributed by atoms with Crippen molar-refractivity contribution in [2.75, 3.05) is 5.73 Å².